The lowest BCUT2D eigenvalue weighted by molar-refractivity contribution is 0.0859. The Hall–Kier alpha value is -3.58. The third-order valence-electron chi connectivity index (χ3n) is 5.39. The van der Waals surface area contributed by atoms with Crippen molar-refractivity contribution in [1.29, 1.82) is 0 Å². The van der Waals surface area contributed by atoms with Crippen molar-refractivity contribution in [2.75, 3.05) is 13.2 Å². The van der Waals surface area contributed by atoms with Crippen LogP contribution in [0.1, 0.15) is 23.2 Å². The number of carbonyl (C=O) groups is 1. The first-order valence-electron chi connectivity index (χ1n) is 10.2. The van der Waals surface area contributed by atoms with Gasteiger partial charge in [0.05, 0.1) is 22.7 Å². The van der Waals surface area contributed by atoms with Gasteiger partial charge in [0.2, 0.25) is 0 Å². The molecule has 2 aromatic heterocycles. The number of halogens is 1. The van der Waals surface area contributed by atoms with Gasteiger partial charge in [0, 0.05) is 24.3 Å². The van der Waals surface area contributed by atoms with Crippen LogP contribution in [-0.2, 0) is 4.74 Å². The molecule has 6 nitrogen and oxygen atoms in total. The normalized spacial score (nSPS) is 16.0. The number of pyridine rings is 1. The minimum Gasteiger partial charge on any atom is -0.376 e. The van der Waals surface area contributed by atoms with E-state index in [0.717, 1.165) is 25.0 Å². The Kier molecular flexibility index (Phi) is 5.18. The van der Waals surface area contributed by atoms with Crippen molar-refractivity contribution in [1.82, 2.24) is 15.5 Å². The Labute approximate surface area is 178 Å². The number of rotatable bonds is 5. The summed E-state index contributed by atoms with van der Waals surface area (Å²) in [5, 5.41) is 7.61. The number of fused-ring (bicyclic) bond motifs is 1. The van der Waals surface area contributed by atoms with E-state index in [1.54, 1.807) is 18.2 Å². The van der Waals surface area contributed by atoms with E-state index in [1.807, 2.05) is 30.3 Å². The molecule has 7 heteroatoms. The predicted molar refractivity (Wildman–Crippen MR) is 114 cm³/mol. The van der Waals surface area contributed by atoms with Gasteiger partial charge in [0.15, 0.2) is 0 Å². The number of hydrogen-bond donors (Lipinski definition) is 1. The summed E-state index contributed by atoms with van der Waals surface area (Å²) >= 11 is 0. The zero-order chi connectivity index (χ0) is 21.2. The van der Waals surface area contributed by atoms with Gasteiger partial charge in [-0.15, -0.1) is 0 Å². The van der Waals surface area contributed by atoms with Crippen LogP contribution >= 0.6 is 0 Å². The van der Waals surface area contributed by atoms with Crippen molar-refractivity contribution in [3.8, 4) is 22.5 Å². The fraction of sp³-hybridized carbons (Fsp3) is 0.208. The largest absolute Gasteiger partial charge is 0.376 e. The van der Waals surface area contributed by atoms with Crippen LogP contribution in [0, 0.1) is 5.82 Å². The summed E-state index contributed by atoms with van der Waals surface area (Å²) in [4.78, 5) is 17.8. The summed E-state index contributed by atoms with van der Waals surface area (Å²) in [7, 11) is 0. The minimum absolute atomic E-state index is 0.0221. The average Bonchev–Trinajstić information content (AvgIpc) is 3.48. The zero-order valence-corrected chi connectivity index (χ0v) is 16.7. The maximum absolute atomic E-state index is 13.4. The van der Waals surface area contributed by atoms with Gasteiger partial charge in [0.25, 0.3) is 11.6 Å². The lowest BCUT2D eigenvalue weighted by Gasteiger charge is -2.12. The Bertz CT molecular complexity index is 1220. The Balaban J connectivity index is 1.60. The van der Waals surface area contributed by atoms with Gasteiger partial charge in [-0.1, -0.05) is 35.5 Å². The second-order valence-electron chi connectivity index (χ2n) is 7.48. The lowest BCUT2D eigenvalue weighted by Crippen LogP contribution is -2.32. The van der Waals surface area contributed by atoms with Crippen molar-refractivity contribution < 1.29 is 18.4 Å². The number of aromatic nitrogens is 2. The molecule has 1 aliphatic heterocycles. The fourth-order valence-electron chi connectivity index (χ4n) is 3.80. The van der Waals surface area contributed by atoms with Crippen molar-refractivity contribution in [3.63, 3.8) is 0 Å². The topological polar surface area (TPSA) is 77.2 Å². The summed E-state index contributed by atoms with van der Waals surface area (Å²) in [5.41, 5.74) is 3.21. The average molecular weight is 417 g/mol. The maximum Gasteiger partial charge on any atom is 0.259 e. The molecule has 156 valence electrons. The minimum atomic E-state index is -0.351. The van der Waals surface area contributed by atoms with E-state index in [2.05, 4.69) is 15.5 Å². The molecule has 1 amide bonds. The molecule has 2 aromatic carbocycles. The first kappa shape index (κ1) is 19.4. The molecule has 1 fully saturated rings. The van der Waals surface area contributed by atoms with Gasteiger partial charge in [-0.25, -0.2) is 9.37 Å². The number of nitrogens with one attached hydrogen (secondary N) is 1. The summed E-state index contributed by atoms with van der Waals surface area (Å²) in [6.45, 7) is 1.15. The van der Waals surface area contributed by atoms with E-state index in [0.29, 0.717) is 34.4 Å². The highest BCUT2D eigenvalue weighted by Gasteiger charge is 2.23. The van der Waals surface area contributed by atoms with E-state index in [4.69, 9.17) is 9.26 Å². The Morgan fingerprint density at radius 3 is 2.65 bits per heavy atom. The van der Waals surface area contributed by atoms with Crippen LogP contribution in [0.5, 0.6) is 0 Å². The summed E-state index contributed by atoms with van der Waals surface area (Å²) in [6.07, 6.45) is 1.95. The number of benzene rings is 2. The summed E-state index contributed by atoms with van der Waals surface area (Å²) in [6, 6.07) is 17.2. The highest BCUT2D eigenvalue weighted by molar-refractivity contribution is 6.10. The number of amides is 1. The van der Waals surface area contributed by atoms with E-state index in [9.17, 15) is 9.18 Å². The van der Waals surface area contributed by atoms with Crippen molar-refractivity contribution in [2.45, 2.75) is 18.9 Å². The molecule has 1 aliphatic rings. The number of nitrogens with zero attached hydrogens (tertiary/aromatic N) is 2. The van der Waals surface area contributed by atoms with Crippen LogP contribution in [0.15, 0.2) is 65.2 Å². The van der Waals surface area contributed by atoms with Crippen molar-refractivity contribution in [3.05, 3.63) is 72.0 Å². The molecule has 3 heterocycles. The standard InChI is InChI=1S/C24H20FN3O3/c25-17-10-8-16(9-11-17)22-21-19(23(29)26-14-18-7-4-12-30-18)13-20(27-24(21)31-28-22)15-5-2-1-3-6-15/h1-3,5-6,8-11,13,18H,4,7,12,14H2,(H,26,29)/t18-/m0/s1. The molecule has 0 unspecified atom stereocenters. The third kappa shape index (κ3) is 3.92. The number of ether oxygens (including phenoxy) is 1. The highest BCUT2D eigenvalue weighted by Crippen LogP contribution is 2.32. The molecule has 0 spiro atoms. The molecular weight excluding hydrogens is 397 g/mol. The van der Waals surface area contributed by atoms with Crippen molar-refractivity contribution >= 4 is 17.0 Å². The van der Waals surface area contributed by atoms with Gasteiger partial charge < -0.3 is 14.6 Å². The second-order valence-corrected chi connectivity index (χ2v) is 7.48. The molecule has 0 aliphatic carbocycles. The molecule has 31 heavy (non-hydrogen) atoms. The molecule has 0 bridgehead atoms. The second kappa shape index (κ2) is 8.28. The molecule has 5 rings (SSSR count). The molecule has 1 saturated heterocycles. The van der Waals surface area contributed by atoms with Gasteiger partial charge in [0.1, 0.15) is 11.5 Å². The van der Waals surface area contributed by atoms with Crippen LogP contribution in [0.3, 0.4) is 0 Å². The first-order valence-corrected chi connectivity index (χ1v) is 10.2. The molecular formula is C24H20FN3O3. The smallest absolute Gasteiger partial charge is 0.259 e. The van der Waals surface area contributed by atoms with E-state index in [-0.39, 0.29) is 23.5 Å². The molecule has 1 atom stereocenters. The monoisotopic (exact) mass is 417 g/mol. The Morgan fingerprint density at radius 1 is 1.10 bits per heavy atom. The van der Waals surface area contributed by atoms with E-state index in [1.165, 1.54) is 12.1 Å². The van der Waals surface area contributed by atoms with Crippen LogP contribution < -0.4 is 5.32 Å². The molecule has 0 radical (unpaired) electrons. The van der Waals surface area contributed by atoms with Gasteiger partial charge in [-0.3, -0.25) is 4.79 Å². The lowest BCUT2D eigenvalue weighted by atomic mass is 10.0. The highest BCUT2D eigenvalue weighted by atomic mass is 19.1. The SMILES string of the molecule is O=C(NC[C@@H]1CCCO1)c1cc(-c2ccccc2)nc2onc(-c3ccc(F)cc3)c12. The summed E-state index contributed by atoms with van der Waals surface area (Å²) < 4.78 is 24.5. The third-order valence-corrected chi connectivity index (χ3v) is 5.39. The van der Waals surface area contributed by atoms with E-state index < -0.39 is 0 Å². The van der Waals surface area contributed by atoms with E-state index >= 15 is 0 Å². The number of hydrogen-bond acceptors (Lipinski definition) is 5. The van der Waals surface area contributed by atoms with Gasteiger partial charge in [-0.05, 0) is 43.2 Å². The molecule has 4 aromatic rings. The number of carbonyl (C=O) groups excluding carboxylic acids is 1. The fourth-order valence-corrected chi connectivity index (χ4v) is 3.80. The molecule has 0 saturated carbocycles. The van der Waals surface area contributed by atoms with Crippen LogP contribution in [0.4, 0.5) is 4.39 Å². The summed E-state index contributed by atoms with van der Waals surface area (Å²) in [5.74, 6) is -0.609. The zero-order valence-electron chi connectivity index (χ0n) is 16.7. The van der Waals surface area contributed by atoms with Gasteiger partial charge >= 0.3 is 0 Å². The maximum atomic E-state index is 13.4. The van der Waals surface area contributed by atoms with Crippen LogP contribution in [0.2, 0.25) is 0 Å². The Morgan fingerprint density at radius 2 is 1.90 bits per heavy atom. The van der Waals surface area contributed by atoms with Gasteiger partial charge in [-0.2, -0.15) is 0 Å². The van der Waals surface area contributed by atoms with Crippen molar-refractivity contribution in [2.24, 2.45) is 0 Å². The first-order chi connectivity index (χ1) is 15.2. The van der Waals surface area contributed by atoms with Crippen LogP contribution in [-0.4, -0.2) is 35.3 Å². The quantitative estimate of drug-likeness (QED) is 0.513. The van der Waals surface area contributed by atoms with Crippen LogP contribution in [0.25, 0.3) is 33.6 Å². The molecule has 1 N–H and O–H groups in total. The predicted octanol–water partition coefficient (Wildman–Crippen LogP) is 4.60.